The van der Waals surface area contributed by atoms with Crippen molar-refractivity contribution in [3.05, 3.63) is 0 Å². The van der Waals surface area contributed by atoms with Gasteiger partial charge in [0.2, 0.25) is 0 Å². The predicted molar refractivity (Wildman–Crippen MR) is 81.5 cm³/mol. The summed E-state index contributed by atoms with van der Waals surface area (Å²) in [5.41, 5.74) is 5.17. The highest BCUT2D eigenvalue weighted by Gasteiger charge is 2.34. The number of methoxy groups -OCH3 is 1. The minimum atomic E-state index is -0.894. The first-order valence-electron chi connectivity index (χ1n) is 7.52. The van der Waals surface area contributed by atoms with Crippen LogP contribution in [0.3, 0.4) is 0 Å². The van der Waals surface area contributed by atoms with E-state index in [-0.39, 0.29) is 5.97 Å². The number of rotatable bonds is 6. The minimum Gasteiger partial charge on any atom is -0.468 e. The Morgan fingerprint density at radius 1 is 1.45 bits per heavy atom. The zero-order valence-corrected chi connectivity index (χ0v) is 13.7. The standard InChI is InChI=1S/C15H31N3O2/c1-12(10-15(2,16)14(19)20-5)18-8-6-13(7-9-18)11-17(3)4/h12-13H,6-11,16H2,1-5H3. The van der Waals surface area contributed by atoms with E-state index in [2.05, 4.69) is 30.8 Å². The van der Waals surface area contributed by atoms with Crippen molar-refractivity contribution >= 4 is 5.97 Å². The smallest absolute Gasteiger partial charge is 0.325 e. The highest BCUT2D eigenvalue weighted by atomic mass is 16.5. The van der Waals surface area contributed by atoms with Gasteiger partial charge in [0.25, 0.3) is 0 Å². The highest BCUT2D eigenvalue weighted by Crippen LogP contribution is 2.23. The lowest BCUT2D eigenvalue weighted by Gasteiger charge is -2.39. The van der Waals surface area contributed by atoms with Crippen LogP contribution in [0, 0.1) is 5.92 Å². The van der Waals surface area contributed by atoms with E-state index in [1.54, 1.807) is 6.92 Å². The zero-order valence-electron chi connectivity index (χ0n) is 13.7. The molecule has 1 aliphatic rings. The molecule has 2 N–H and O–H groups in total. The van der Waals surface area contributed by atoms with E-state index < -0.39 is 5.54 Å². The van der Waals surface area contributed by atoms with Gasteiger partial charge in [-0.25, -0.2) is 0 Å². The van der Waals surface area contributed by atoms with E-state index in [0.717, 1.165) is 19.0 Å². The number of esters is 1. The molecule has 2 atom stereocenters. The lowest BCUT2D eigenvalue weighted by molar-refractivity contribution is -0.147. The molecule has 0 spiro atoms. The van der Waals surface area contributed by atoms with Crippen LogP contribution in [0.1, 0.15) is 33.1 Å². The molecule has 20 heavy (non-hydrogen) atoms. The highest BCUT2D eigenvalue weighted by molar-refractivity contribution is 5.79. The van der Waals surface area contributed by atoms with Crippen molar-refractivity contribution in [2.24, 2.45) is 11.7 Å². The van der Waals surface area contributed by atoms with Crippen LogP contribution >= 0.6 is 0 Å². The Hall–Kier alpha value is -0.650. The monoisotopic (exact) mass is 285 g/mol. The second-order valence-electron chi connectivity index (χ2n) is 6.70. The lowest BCUT2D eigenvalue weighted by Crippen LogP contribution is -2.52. The van der Waals surface area contributed by atoms with Crippen molar-refractivity contribution in [2.75, 3.05) is 40.8 Å². The Bertz CT molecular complexity index is 310. The molecule has 1 fully saturated rings. The number of piperidine rings is 1. The third-order valence-electron chi connectivity index (χ3n) is 4.27. The molecule has 1 heterocycles. The number of nitrogens with two attached hydrogens (primary N) is 1. The first-order valence-corrected chi connectivity index (χ1v) is 7.52. The van der Waals surface area contributed by atoms with Gasteiger partial charge in [0, 0.05) is 12.6 Å². The van der Waals surface area contributed by atoms with Crippen LogP contribution in [0.25, 0.3) is 0 Å². The van der Waals surface area contributed by atoms with Gasteiger partial charge in [-0.1, -0.05) is 0 Å². The normalized spacial score (nSPS) is 22.6. The van der Waals surface area contributed by atoms with Crippen molar-refractivity contribution in [1.82, 2.24) is 9.80 Å². The van der Waals surface area contributed by atoms with E-state index in [9.17, 15) is 4.79 Å². The molecule has 118 valence electrons. The first kappa shape index (κ1) is 17.4. The van der Waals surface area contributed by atoms with Crippen molar-refractivity contribution < 1.29 is 9.53 Å². The van der Waals surface area contributed by atoms with Gasteiger partial charge in [0.15, 0.2) is 0 Å². The quantitative estimate of drug-likeness (QED) is 0.736. The van der Waals surface area contributed by atoms with E-state index in [0.29, 0.717) is 12.5 Å². The van der Waals surface area contributed by atoms with Crippen LogP contribution in [0.5, 0.6) is 0 Å². The molecule has 1 rings (SSSR count). The van der Waals surface area contributed by atoms with Gasteiger partial charge in [0.1, 0.15) is 5.54 Å². The molecule has 5 nitrogen and oxygen atoms in total. The van der Waals surface area contributed by atoms with Crippen molar-refractivity contribution in [3.8, 4) is 0 Å². The third kappa shape index (κ3) is 5.04. The SMILES string of the molecule is COC(=O)C(C)(N)CC(C)N1CCC(CN(C)C)CC1. The second-order valence-corrected chi connectivity index (χ2v) is 6.70. The number of hydrogen-bond donors (Lipinski definition) is 1. The molecule has 5 heteroatoms. The Morgan fingerprint density at radius 2 is 2.00 bits per heavy atom. The molecule has 1 saturated heterocycles. The predicted octanol–water partition coefficient (Wildman–Crippen LogP) is 0.929. The number of nitrogens with zero attached hydrogens (tertiary/aromatic N) is 2. The number of carbonyl (C=O) groups is 1. The summed E-state index contributed by atoms with van der Waals surface area (Å²) in [6.07, 6.45) is 3.09. The van der Waals surface area contributed by atoms with Crippen molar-refractivity contribution in [1.29, 1.82) is 0 Å². The first-order chi connectivity index (χ1) is 9.26. The van der Waals surface area contributed by atoms with Gasteiger partial charge < -0.3 is 20.3 Å². The molecular weight excluding hydrogens is 254 g/mol. The molecule has 0 amide bonds. The summed E-state index contributed by atoms with van der Waals surface area (Å²) in [6.45, 7) is 7.27. The molecule has 0 saturated carbocycles. The Balaban J connectivity index is 2.43. The molecule has 0 aromatic heterocycles. The van der Waals surface area contributed by atoms with Gasteiger partial charge in [0.05, 0.1) is 7.11 Å². The number of likely N-dealkylation sites (tertiary alicyclic amines) is 1. The topological polar surface area (TPSA) is 58.8 Å². The summed E-state index contributed by atoms with van der Waals surface area (Å²) in [4.78, 5) is 16.4. The Labute approximate surface area is 123 Å². The van der Waals surface area contributed by atoms with Crippen molar-refractivity contribution in [2.45, 2.75) is 44.7 Å². The second kappa shape index (κ2) is 7.38. The number of hydrogen-bond acceptors (Lipinski definition) is 5. The summed E-state index contributed by atoms with van der Waals surface area (Å²) in [7, 11) is 5.65. The Kier molecular flexibility index (Phi) is 6.43. The minimum absolute atomic E-state index is 0.310. The van der Waals surface area contributed by atoms with Crippen molar-refractivity contribution in [3.63, 3.8) is 0 Å². The maximum atomic E-state index is 11.7. The van der Waals surface area contributed by atoms with Crippen LogP contribution in [0.2, 0.25) is 0 Å². The van der Waals surface area contributed by atoms with Gasteiger partial charge in [-0.15, -0.1) is 0 Å². The average molecular weight is 285 g/mol. The number of carbonyl (C=O) groups excluding carboxylic acids is 1. The molecule has 0 radical (unpaired) electrons. The van der Waals surface area contributed by atoms with Crippen LogP contribution in [-0.4, -0.2) is 68.2 Å². The zero-order chi connectivity index (χ0) is 15.3. The summed E-state index contributed by atoms with van der Waals surface area (Å²) in [5.74, 6) is 0.463. The maximum Gasteiger partial charge on any atom is 0.325 e. The van der Waals surface area contributed by atoms with E-state index in [1.165, 1.54) is 26.5 Å². The third-order valence-corrected chi connectivity index (χ3v) is 4.27. The molecule has 0 aromatic carbocycles. The van der Waals surface area contributed by atoms with E-state index in [1.807, 2.05) is 0 Å². The molecule has 0 bridgehead atoms. The maximum absolute atomic E-state index is 11.7. The molecular formula is C15H31N3O2. The van der Waals surface area contributed by atoms with Gasteiger partial charge in [-0.05, 0) is 66.2 Å². The fraction of sp³-hybridized carbons (Fsp3) is 0.933. The molecule has 0 aromatic rings. The number of ether oxygens (including phenoxy) is 1. The van der Waals surface area contributed by atoms with Crippen LogP contribution < -0.4 is 5.73 Å². The van der Waals surface area contributed by atoms with E-state index in [4.69, 9.17) is 10.5 Å². The summed E-state index contributed by atoms with van der Waals surface area (Å²) >= 11 is 0. The molecule has 1 aliphatic heterocycles. The summed E-state index contributed by atoms with van der Waals surface area (Å²) in [6, 6.07) is 0.310. The molecule has 2 unspecified atom stereocenters. The average Bonchev–Trinajstić information content (AvgIpc) is 2.37. The Morgan fingerprint density at radius 3 is 2.45 bits per heavy atom. The fourth-order valence-electron chi connectivity index (χ4n) is 3.15. The lowest BCUT2D eigenvalue weighted by atomic mass is 9.91. The van der Waals surface area contributed by atoms with Gasteiger partial charge in [-0.3, -0.25) is 4.79 Å². The largest absolute Gasteiger partial charge is 0.468 e. The van der Waals surface area contributed by atoms with Crippen LogP contribution in [-0.2, 0) is 9.53 Å². The molecule has 0 aliphatic carbocycles. The van der Waals surface area contributed by atoms with Crippen LogP contribution in [0.4, 0.5) is 0 Å². The summed E-state index contributed by atoms with van der Waals surface area (Å²) in [5, 5.41) is 0. The summed E-state index contributed by atoms with van der Waals surface area (Å²) < 4.78 is 4.78. The van der Waals surface area contributed by atoms with Gasteiger partial charge >= 0.3 is 5.97 Å². The fourth-order valence-corrected chi connectivity index (χ4v) is 3.15. The van der Waals surface area contributed by atoms with E-state index >= 15 is 0 Å². The van der Waals surface area contributed by atoms with Crippen LogP contribution in [0.15, 0.2) is 0 Å². The van der Waals surface area contributed by atoms with Gasteiger partial charge in [-0.2, -0.15) is 0 Å².